The number of nitrogens with one attached hydrogen (secondary N) is 2. The number of nitrogens with zero attached hydrogens (tertiary/aromatic N) is 2. The summed E-state index contributed by atoms with van der Waals surface area (Å²) in [6.45, 7) is 4.22. The van der Waals surface area contributed by atoms with Gasteiger partial charge in [-0.3, -0.25) is 0 Å². The number of hydrogen-bond acceptors (Lipinski definition) is 4. The number of halogens is 1. The number of piperidine rings is 1. The second-order valence-corrected chi connectivity index (χ2v) is 8.57. The maximum absolute atomic E-state index is 13.4. The van der Waals surface area contributed by atoms with E-state index in [0.29, 0.717) is 24.9 Å². The fourth-order valence-corrected chi connectivity index (χ4v) is 4.52. The molecule has 7 heteroatoms. The molecule has 0 unspecified atom stereocenters. The second-order valence-electron chi connectivity index (χ2n) is 8.16. The van der Waals surface area contributed by atoms with E-state index < -0.39 is 0 Å². The molecule has 2 fully saturated rings. The zero-order chi connectivity index (χ0) is 20.8. The van der Waals surface area contributed by atoms with E-state index in [0.717, 1.165) is 43.0 Å². The zero-order valence-corrected chi connectivity index (χ0v) is 18.0. The minimum Gasteiger partial charge on any atom is -0.381 e. The average Bonchev–Trinajstić information content (AvgIpc) is 2.80. The minimum absolute atomic E-state index is 0.117. The molecule has 2 N–H and O–H groups in total. The Balaban J connectivity index is 1.36. The van der Waals surface area contributed by atoms with Crippen LogP contribution in [0.4, 0.5) is 15.9 Å². The Morgan fingerprint density at radius 3 is 2.47 bits per heavy atom. The molecule has 2 aromatic rings. The summed E-state index contributed by atoms with van der Waals surface area (Å²) in [5.74, 6) is 0.809. The first-order valence-corrected chi connectivity index (χ1v) is 11.2. The van der Waals surface area contributed by atoms with Gasteiger partial charge < -0.3 is 20.3 Å². The van der Waals surface area contributed by atoms with Crippen LogP contribution in [0.15, 0.2) is 42.6 Å². The van der Waals surface area contributed by atoms with Crippen molar-refractivity contribution in [3.05, 3.63) is 54.0 Å². The third-order valence-electron chi connectivity index (χ3n) is 6.18. The topological polar surface area (TPSA) is 49.4 Å². The van der Waals surface area contributed by atoms with Crippen LogP contribution in [0.25, 0.3) is 0 Å². The number of benzene rings is 1. The molecule has 2 aliphatic heterocycles. The van der Waals surface area contributed by atoms with Crippen molar-refractivity contribution < 1.29 is 9.13 Å². The molecular weight excluding hydrogens is 399 g/mol. The maximum atomic E-state index is 13.4. The Kier molecular flexibility index (Phi) is 6.79. The van der Waals surface area contributed by atoms with Crippen LogP contribution in [0.1, 0.15) is 37.7 Å². The molecule has 0 atom stereocenters. The molecular formula is C23H29FN4OS. The highest BCUT2D eigenvalue weighted by molar-refractivity contribution is 7.80. The largest absolute Gasteiger partial charge is 0.381 e. The van der Waals surface area contributed by atoms with Gasteiger partial charge in [-0.05, 0) is 74.2 Å². The van der Waals surface area contributed by atoms with Crippen LogP contribution >= 0.6 is 12.2 Å². The van der Waals surface area contributed by atoms with Gasteiger partial charge in [0, 0.05) is 38.3 Å². The summed E-state index contributed by atoms with van der Waals surface area (Å²) >= 11 is 5.53. The van der Waals surface area contributed by atoms with Crippen LogP contribution in [0, 0.1) is 5.82 Å². The van der Waals surface area contributed by atoms with Gasteiger partial charge in [0.1, 0.15) is 11.6 Å². The molecule has 0 radical (unpaired) electrons. The van der Waals surface area contributed by atoms with Crippen molar-refractivity contribution >= 4 is 28.8 Å². The van der Waals surface area contributed by atoms with E-state index in [1.807, 2.05) is 24.4 Å². The molecule has 160 valence electrons. The smallest absolute Gasteiger partial charge is 0.170 e. The molecule has 0 bridgehead atoms. The van der Waals surface area contributed by atoms with Crippen LogP contribution in [0.2, 0.25) is 0 Å². The van der Waals surface area contributed by atoms with Crippen LogP contribution in [0.5, 0.6) is 0 Å². The lowest BCUT2D eigenvalue weighted by Crippen LogP contribution is -2.45. The van der Waals surface area contributed by atoms with Gasteiger partial charge >= 0.3 is 0 Å². The lowest BCUT2D eigenvalue weighted by atomic mass is 9.74. The first-order chi connectivity index (χ1) is 14.6. The van der Waals surface area contributed by atoms with Gasteiger partial charge in [0.25, 0.3) is 0 Å². The third-order valence-corrected chi connectivity index (χ3v) is 6.43. The van der Waals surface area contributed by atoms with Gasteiger partial charge in [-0.25, -0.2) is 9.37 Å². The fourth-order valence-electron chi connectivity index (χ4n) is 4.33. The van der Waals surface area contributed by atoms with Gasteiger partial charge in [-0.15, -0.1) is 0 Å². The summed E-state index contributed by atoms with van der Waals surface area (Å²) < 4.78 is 19.0. The Bertz CT molecular complexity index is 831. The standard InChI is InChI=1S/C23H29FN4OS/c24-19-6-4-18(5-7-19)23(10-14-29-15-11-23)17-26-22(30)27-20-8-9-21(25-16-20)28-12-2-1-3-13-28/h4-9,16H,1-3,10-15,17H2,(H2,26,27,30). The zero-order valence-electron chi connectivity index (χ0n) is 17.2. The average molecular weight is 429 g/mol. The van der Waals surface area contributed by atoms with Crippen LogP contribution in [-0.4, -0.2) is 42.9 Å². The highest BCUT2D eigenvalue weighted by Gasteiger charge is 2.34. The molecule has 0 spiro atoms. The number of aromatic nitrogens is 1. The molecule has 4 rings (SSSR count). The van der Waals surface area contributed by atoms with Gasteiger partial charge in [0.2, 0.25) is 0 Å². The Hall–Kier alpha value is -2.25. The maximum Gasteiger partial charge on any atom is 0.170 e. The first kappa shape index (κ1) is 21.0. The lowest BCUT2D eigenvalue weighted by molar-refractivity contribution is 0.0515. The molecule has 5 nitrogen and oxygen atoms in total. The van der Waals surface area contributed by atoms with E-state index in [2.05, 4.69) is 26.6 Å². The van der Waals surface area contributed by atoms with E-state index in [4.69, 9.17) is 17.0 Å². The number of rotatable bonds is 5. The number of hydrogen-bond donors (Lipinski definition) is 2. The lowest BCUT2D eigenvalue weighted by Gasteiger charge is -2.38. The van der Waals surface area contributed by atoms with Crippen LogP contribution in [0.3, 0.4) is 0 Å². The Morgan fingerprint density at radius 1 is 1.07 bits per heavy atom. The highest BCUT2D eigenvalue weighted by Crippen LogP contribution is 2.34. The van der Waals surface area contributed by atoms with Crippen molar-refractivity contribution in [2.24, 2.45) is 0 Å². The summed E-state index contributed by atoms with van der Waals surface area (Å²) in [4.78, 5) is 6.93. The summed E-state index contributed by atoms with van der Waals surface area (Å²) in [6, 6.07) is 10.9. The number of ether oxygens (including phenoxy) is 1. The molecule has 0 amide bonds. The number of thiocarbonyl (C=S) groups is 1. The van der Waals surface area contributed by atoms with Gasteiger partial charge in [0.15, 0.2) is 5.11 Å². The minimum atomic E-state index is -0.216. The normalized spacial score (nSPS) is 18.6. The van der Waals surface area contributed by atoms with Crippen molar-refractivity contribution in [3.63, 3.8) is 0 Å². The van der Waals surface area contributed by atoms with Crippen molar-refractivity contribution in [2.75, 3.05) is 43.1 Å². The molecule has 2 saturated heterocycles. The second kappa shape index (κ2) is 9.71. The summed E-state index contributed by atoms with van der Waals surface area (Å²) in [6.07, 6.45) is 7.36. The van der Waals surface area contributed by atoms with E-state index in [-0.39, 0.29) is 11.2 Å². The van der Waals surface area contributed by atoms with E-state index in [1.165, 1.54) is 31.4 Å². The summed E-state index contributed by atoms with van der Waals surface area (Å²) in [5.41, 5.74) is 1.87. The van der Waals surface area contributed by atoms with Gasteiger partial charge in [0.05, 0.1) is 11.9 Å². The summed E-state index contributed by atoms with van der Waals surface area (Å²) in [7, 11) is 0. The molecule has 0 aliphatic carbocycles. The molecule has 3 heterocycles. The van der Waals surface area contributed by atoms with Gasteiger partial charge in [-0.1, -0.05) is 12.1 Å². The Labute approximate surface area is 183 Å². The molecule has 0 saturated carbocycles. The quantitative estimate of drug-likeness (QED) is 0.695. The van der Waals surface area contributed by atoms with E-state index in [1.54, 1.807) is 0 Å². The van der Waals surface area contributed by atoms with E-state index in [9.17, 15) is 4.39 Å². The Morgan fingerprint density at radius 2 is 1.80 bits per heavy atom. The van der Waals surface area contributed by atoms with E-state index >= 15 is 0 Å². The number of pyridine rings is 1. The highest BCUT2D eigenvalue weighted by atomic mass is 32.1. The fraction of sp³-hybridized carbons (Fsp3) is 0.478. The van der Waals surface area contributed by atoms with Crippen molar-refractivity contribution in [3.8, 4) is 0 Å². The van der Waals surface area contributed by atoms with Crippen LogP contribution < -0.4 is 15.5 Å². The molecule has 2 aliphatic rings. The van der Waals surface area contributed by atoms with Crippen LogP contribution in [-0.2, 0) is 10.2 Å². The first-order valence-electron chi connectivity index (χ1n) is 10.7. The van der Waals surface area contributed by atoms with Crippen molar-refractivity contribution in [2.45, 2.75) is 37.5 Å². The third kappa shape index (κ3) is 5.08. The van der Waals surface area contributed by atoms with Gasteiger partial charge in [-0.2, -0.15) is 0 Å². The predicted molar refractivity (Wildman–Crippen MR) is 123 cm³/mol. The molecule has 30 heavy (non-hydrogen) atoms. The summed E-state index contributed by atoms with van der Waals surface area (Å²) in [5, 5.41) is 7.17. The SMILES string of the molecule is Fc1ccc(C2(CNC(=S)Nc3ccc(N4CCCCC4)nc3)CCOCC2)cc1. The van der Waals surface area contributed by atoms with Crippen molar-refractivity contribution in [1.29, 1.82) is 0 Å². The monoisotopic (exact) mass is 428 g/mol. The molecule has 1 aromatic carbocycles. The van der Waals surface area contributed by atoms with Crippen molar-refractivity contribution in [1.82, 2.24) is 10.3 Å². The number of anilines is 2. The predicted octanol–water partition coefficient (Wildman–Crippen LogP) is 4.25. The molecule has 1 aromatic heterocycles.